The molecule has 0 aliphatic carbocycles. The third-order valence-corrected chi connectivity index (χ3v) is 15.4. The Morgan fingerprint density at radius 3 is 1.70 bits per heavy atom. The number of hydrogen-bond acceptors (Lipinski definition) is 15. The van der Waals surface area contributed by atoms with Gasteiger partial charge in [0.1, 0.15) is 54.1 Å². The number of carboxylic acid groups (broad SMARTS) is 1. The molecule has 28 heteroatoms. The fourth-order valence-corrected chi connectivity index (χ4v) is 10.3. The number of aliphatic carboxylic acids is 1. The first kappa shape index (κ1) is 73.5. The number of likely N-dealkylation sites (tertiary alicyclic amines) is 1. The summed E-state index contributed by atoms with van der Waals surface area (Å²) in [7, 11) is 0. The Bertz CT molecular complexity index is 2850. The van der Waals surface area contributed by atoms with Crippen LogP contribution in [-0.4, -0.2) is 167 Å². The molecule has 0 bridgehead atoms. The summed E-state index contributed by atoms with van der Waals surface area (Å²) in [5.74, 6) is -8.12. The molecular formula is C61H90IN15O12. The maximum absolute atomic E-state index is 14.7. The number of rotatable bonds is 38. The second kappa shape index (κ2) is 38.4. The molecule has 0 unspecified atom stereocenters. The van der Waals surface area contributed by atoms with Gasteiger partial charge in [-0.1, -0.05) is 68.4 Å². The van der Waals surface area contributed by atoms with Gasteiger partial charge in [-0.15, -0.1) is 0 Å². The predicted octanol–water partition coefficient (Wildman–Crippen LogP) is -0.685. The normalized spacial score (nSPS) is 15.5. The topological polar surface area (TPSA) is 453 Å². The number of guanidine groups is 1. The van der Waals surface area contributed by atoms with Crippen molar-refractivity contribution in [3.63, 3.8) is 0 Å². The monoisotopic (exact) mass is 1360 g/mol. The Balaban J connectivity index is 1.56. The molecule has 1 saturated heterocycles. The summed E-state index contributed by atoms with van der Waals surface area (Å²) in [5, 5.41) is 40.9. The first-order valence-electron chi connectivity index (χ1n) is 30.1. The quantitative estimate of drug-likeness (QED) is 0.0146. The number of nitrogens with zero attached hydrogens (tertiary/aromatic N) is 2. The number of unbranched alkanes of at least 4 members (excludes halogenated alkanes) is 2. The SMILES string of the molecule is CC(C)C[C@H](NC(=O)[C@H](Cc1ccccc1)NC(=O)CNC(=O)[C@@H](C)NC(=O)[C@@H](N)Cc1ccc(O)cc1)C(=O)N[C@@H](CCCN=C(N)N)C(=O)N[C@@H](CCCCN)C(=O)N[C@@H](Cc1ccc([131I])cc1)C(=O)N1CCC[C@H]1C(=O)N[C@@H](CCCCN)C(=O)O. The molecule has 0 radical (unpaired) electrons. The number of aromatic hydroxyl groups is 1. The van der Waals surface area contributed by atoms with Gasteiger partial charge in [0.25, 0.3) is 0 Å². The molecule has 0 saturated carbocycles. The van der Waals surface area contributed by atoms with Gasteiger partial charge in [-0.3, -0.25) is 48.1 Å². The van der Waals surface area contributed by atoms with Crippen LogP contribution in [0.25, 0.3) is 0 Å². The van der Waals surface area contributed by atoms with Crippen LogP contribution < -0.4 is 71.2 Å². The van der Waals surface area contributed by atoms with Crippen molar-refractivity contribution in [3.05, 3.63) is 99.1 Å². The van der Waals surface area contributed by atoms with E-state index in [1.807, 2.05) is 26.0 Å². The number of nitrogens with one attached hydrogen (secondary N) is 8. The summed E-state index contributed by atoms with van der Waals surface area (Å²) in [5.41, 5.74) is 30.8. The minimum Gasteiger partial charge on any atom is -0.508 e. The molecule has 3 aromatic carbocycles. The molecule has 1 fully saturated rings. The number of amides is 9. The van der Waals surface area contributed by atoms with E-state index < -0.39 is 120 Å². The summed E-state index contributed by atoms with van der Waals surface area (Å²) in [6, 6.07) is 11.1. The molecule has 1 aliphatic rings. The van der Waals surface area contributed by atoms with E-state index in [0.29, 0.717) is 55.3 Å². The first-order valence-corrected chi connectivity index (χ1v) is 31.2. The summed E-state index contributed by atoms with van der Waals surface area (Å²) in [6.45, 7) is 5.21. The van der Waals surface area contributed by atoms with Gasteiger partial charge in [-0.2, -0.15) is 0 Å². The molecular weight excluding hydrogens is 1270 g/mol. The Labute approximate surface area is 532 Å². The van der Waals surface area contributed by atoms with Crippen molar-refractivity contribution < 1.29 is 58.2 Å². The molecule has 89 heavy (non-hydrogen) atoms. The second-order valence-electron chi connectivity index (χ2n) is 22.5. The van der Waals surface area contributed by atoms with Crippen molar-refractivity contribution in [1.29, 1.82) is 0 Å². The van der Waals surface area contributed by atoms with E-state index in [0.717, 1.165) is 3.57 Å². The van der Waals surface area contributed by atoms with E-state index in [1.165, 1.54) is 24.0 Å². The average molecular weight is 1360 g/mol. The van der Waals surface area contributed by atoms with Gasteiger partial charge in [0.2, 0.25) is 53.2 Å². The van der Waals surface area contributed by atoms with Crippen LogP contribution in [0.1, 0.15) is 108 Å². The summed E-state index contributed by atoms with van der Waals surface area (Å²) < 4.78 is 0.911. The fourth-order valence-electron chi connectivity index (χ4n) is 9.89. The molecule has 0 spiro atoms. The molecule has 27 nitrogen and oxygen atoms in total. The Morgan fingerprint density at radius 1 is 0.596 bits per heavy atom. The second-order valence-corrected chi connectivity index (χ2v) is 23.8. The average Bonchev–Trinajstić information content (AvgIpc) is 2.43. The number of carbonyl (C=O) groups is 10. The summed E-state index contributed by atoms with van der Waals surface area (Å²) in [4.78, 5) is 144. The van der Waals surface area contributed by atoms with Gasteiger partial charge in [0.15, 0.2) is 5.96 Å². The minimum atomic E-state index is -1.36. The lowest BCUT2D eigenvalue weighted by Crippen LogP contribution is -2.60. The van der Waals surface area contributed by atoms with E-state index in [9.17, 15) is 58.2 Å². The summed E-state index contributed by atoms with van der Waals surface area (Å²) in [6.07, 6.45) is 2.84. The largest absolute Gasteiger partial charge is 0.508 e. The van der Waals surface area contributed by atoms with Crippen LogP contribution in [0.5, 0.6) is 5.75 Å². The molecule has 1 aliphatic heterocycles. The van der Waals surface area contributed by atoms with Crippen LogP contribution in [0.3, 0.4) is 0 Å². The maximum atomic E-state index is 14.7. The number of phenolic OH excluding ortho intramolecular Hbond substituents is 1. The maximum Gasteiger partial charge on any atom is 0.326 e. The molecule has 4 rings (SSSR count). The lowest BCUT2D eigenvalue weighted by molar-refractivity contribution is -0.145. The number of aliphatic imine (C=N–C) groups is 1. The van der Waals surface area contributed by atoms with Crippen molar-refractivity contribution in [3.8, 4) is 5.75 Å². The summed E-state index contributed by atoms with van der Waals surface area (Å²) >= 11 is 2.14. The third-order valence-electron chi connectivity index (χ3n) is 14.7. The molecule has 9 atom stereocenters. The van der Waals surface area contributed by atoms with Crippen LogP contribution in [0.4, 0.5) is 0 Å². The van der Waals surface area contributed by atoms with E-state index in [4.69, 9.17) is 28.7 Å². The Morgan fingerprint density at radius 2 is 1.11 bits per heavy atom. The van der Waals surface area contributed by atoms with Gasteiger partial charge in [-0.05, 0) is 167 Å². The molecule has 3 aromatic rings. The van der Waals surface area contributed by atoms with Crippen molar-refractivity contribution in [1.82, 2.24) is 47.4 Å². The van der Waals surface area contributed by atoms with E-state index in [2.05, 4.69) is 70.1 Å². The fraction of sp³-hybridized carbons (Fsp3) is 0.525. The van der Waals surface area contributed by atoms with Crippen LogP contribution >= 0.6 is 22.6 Å². The standard InChI is InChI=1S/C61H90IN15O12/c1-36(2)31-47(75-57(85)48(33-38-13-5-4-6-14-38)71-51(79)35-69-52(80)37(3)70-53(81)43(65)32-39-21-25-42(78)26-22-39)56(84)73-45(17-11-29-68-61(66)67)54(82)72-44(15-7-9-27-63)55(83)76-49(34-40-19-23-41(62)24-20-40)59(87)77-30-12-18-50(77)58(86)74-46(60(88)89)16-8-10-28-64/h4-6,13-14,19-26,36-37,43-50,78H,7-12,15-18,27-35,63-65H2,1-3H3,(H,69,80)(H,70,81)(H,71,79)(H,72,82)(H,73,84)(H,74,86)(H,75,85)(H,76,83)(H,88,89)(H4,66,67,68)/t37-,43+,44+,45+,46+,47+,48+,49+,50+/m1/s1/i62+4. The number of nitrogens with two attached hydrogens (primary N) is 5. The zero-order valence-electron chi connectivity index (χ0n) is 50.9. The zero-order valence-corrected chi connectivity index (χ0v) is 53.0. The van der Waals surface area contributed by atoms with E-state index in [-0.39, 0.29) is 95.0 Å². The van der Waals surface area contributed by atoms with Crippen LogP contribution in [-0.2, 0) is 67.2 Å². The van der Waals surface area contributed by atoms with Crippen molar-refractivity contribution in [2.75, 3.05) is 32.7 Å². The minimum absolute atomic E-state index is 0.0210. The van der Waals surface area contributed by atoms with Gasteiger partial charge in [0.05, 0.1) is 12.6 Å². The highest BCUT2D eigenvalue weighted by Crippen LogP contribution is 2.22. The number of benzene rings is 3. The highest BCUT2D eigenvalue weighted by molar-refractivity contribution is 14.1. The Hall–Kier alpha value is -7.96. The smallest absolute Gasteiger partial charge is 0.326 e. The molecule has 1 heterocycles. The number of carbonyl (C=O) groups excluding carboxylic acids is 9. The van der Waals surface area contributed by atoms with Crippen LogP contribution in [0.2, 0.25) is 0 Å². The van der Waals surface area contributed by atoms with Crippen molar-refractivity contribution in [2.24, 2.45) is 39.6 Å². The molecule has 9 amide bonds. The van der Waals surface area contributed by atoms with Gasteiger partial charge < -0.3 is 86.3 Å². The highest BCUT2D eigenvalue weighted by atomic mass is 131. The lowest BCUT2D eigenvalue weighted by atomic mass is 10.00. The van der Waals surface area contributed by atoms with Crippen molar-refractivity contribution in [2.45, 2.75) is 165 Å². The van der Waals surface area contributed by atoms with Gasteiger partial charge >= 0.3 is 5.97 Å². The first-order chi connectivity index (χ1) is 42.4. The van der Waals surface area contributed by atoms with Crippen LogP contribution in [0, 0.1) is 9.49 Å². The Kier molecular flexibility index (Phi) is 31.8. The van der Waals surface area contributed by atoms with Crippen LogP contribution in [0.15, 0.2) is 83.9 Å². The molecule has 20 N–H and O–H groups in total. The lowest BCUT2D eigenvalue weighted by Gasteiger charge is -2.31. The van der Waals surface area contributed by atoms with E-state index in [1.54, 1.807) is 54.6 Å². The van der Waals surface area contributed by atoms with E-state index >= 15 is 0 Å². The third kappa shape index (κ3) is 26.3. The number of halogens is 1. The van der Waals surface area contributed by atoms with Gasteiger partial charge in [-0.25, -0.2) is 4.79 Å². The van der Waals surface area contributed by atoms with Crippen molar-refractivity contribution >= 4 is 87.7 Å². The molecule has 0 aromatic heterocycles. The highest BCUT2D eigenvalue weighted by Gasteiger charge is 2.40. The predicted molar refractivity (Wildman–Crippen MR) is 343 cm³/mol. The van der Waals surface area contributed by atoms with Gasteiger partial charge in [0, 0.05) is 29.5 Å². The number of carboxylic acids is 1. The molecule has 488 valence electrons. The zero-order chi connectivity index (χ0) is 65.6. The number of hydrogen-bond donors (Lipinski definition) is 15. The number of phenols is 1.